The van der Waals surface area contributed by atoms with Gasteiger partial charge in [0.2, 0.25) is 15.4 Å². The van der Waals surface area contributed by atoms with Crippen LogP contribution >= 0.6 is 11.3 Å². The fourth-order valence-corrected chi connectivity index (χ4v) is 3.63. The summed E-state index contributed by atoms with van der Waals surface area (Å²) in [6.07, 6.45) is 1.47. The number of sulfonamides is 1. The molecule has 0 unspecified atom stereocenters. The van der Waals surface area contributed by atoms with Crippen molar-refractivity contribution >= 4 is 32.4 Å². The standard InChI is InChI=1S/C10H12N4O4S2/c1-7(15)11-9-12-13-10(19-9)20(16,17)14(2)6-8-4-3-5-18-8/h3-5H,6H2,1-2H3,(H,11,12,15). The molecule has 0 saturated heterocycles. The molecule has 0 aliphatic rings. The zero-order chi connectivity index (χ0) is 14.8. The van der Waals surface area contributed by atoms with Crippen molar-refractivity contribution in [3.8, 4) is 0 Å². The Morgan fingerprint density at radius 1 is 1.50 bits per heavy atom. The molecule has 0 bridgehead atoms. The number of hydrogen-bond acceptors (Lipinski definition) is 7. The number of carbonyl (C=O) groups is 1. The topological polar surface area (TPSA) is 105 Å². The Bertz CT molecular complexity index is 693. The van der Waals surface area contributed by atoms with Gasteiger partial charge < -0.3 is 9.73 Å². The van der Waals surface area contributed by atoms with Gasteiger partial charge in [-0.1, -0.05) is 11.3 Å². The van der Waals surface area contributed by atoms with E-state index in [-0.39, 0.29) is 21.9 Å². The Morgan fingerprint density at radius 3 is 2.85 bits per heavy atom. The molecular formula is C10H12N4O4S2. The summed E-state index contributed by atoms with van der Waals surface area (Å²) >= 11 is 0.795. The molecule has 1 amide bonds. The van der Waals surface area contributed by atoms with E-state index < -0.39 is 10.0 Å². The monoisotopic (exact) mass is 316 g/mol. The predicted molar refractivity (Wildman–Crippen MR) is 71.6 cm³/mol. The summed E-state index contributed by atoms with van der Waals surface area (Å²) in [6, 6.07) is 3.35. The Morgan fingerprint density at radius 2 is 2.25 bits per heavy atom. The zero-order valence-corrected chi connectivity index (χ0v) is 12.4. The predicted octanol–water partition coefficient (Wildman–Crippen LogP) is 0.910. The number of aromatic nitrogens is 2. The molecule has 2 heterocycles. The van der Waals surface area contributed by atoms with Crippen molar-refractivity contribution in [3.63, 3.8) is 0 Å². The van der Waals surface area contributed by atoms with E-state index in [1.807, 2.05) is 0 Å². The van der Waals surface area contributed by atoms with Gasteiger partial charge in [0.25, 0.3) is 10.0 Å². The van der Waals surface area contributed by atoms with E-state index in [2.05, 4.69) is 15.5 Å². The van der Waals surface area contributed by atoms with E-state index in [0.29, 0.717) is 5.76 Å². The molecule has 0 radical (unpaired) electrons. The maximum Gasteiger partial charge on any atom is 0.272 e. The van der Waals surface area contributed by atoms with Crippen LogP contribution in [0.15, 0.2) is 27.2 Å². The first-order chi connectivity index (χ1) is 9.39. The van der Waals surface area contributed by atoms with E-state index in [1.165, 1.54) is 20.2 Å². The molecular weight excluding hydrogens is 304 g/mol. The van der Waals surface area contributed by atoms with Gasteiger partial charge in [0.05, 0.1) is 12.8 Å². The number of rotatable bonds is 5. The summed E-state index contributed by atoms with van der Waals surface area (Å²) in [7, 11) is -2.35. The van der Waals surface area contributed by atoms with E-state index in [9.17, 15) is 13.2 Å². The first kappa shape index (κ1) is 14.6. The van der Waals surface area contributed by atoms with Crippen LogP contribution in [0.2, 0.25) is 0 Å². The van der Waals surface area contributed by atoms with Crippen molar-refractivity contribution in [2.24, 2.45) is 0 Å². The average molecular weight is 316 g/mol. The maximum absolute atomic E-state index is 12.2. The molecule has 0 atom stereocenters. The molecule has 20 heavy (non-hydrogen) atoms. The Balaban J connectivity index is 2.16. The number of anilines is 1. The van der Waals surface area contributed by atoms with Crippen LogP contribution in [-0.2, 0) is 21.4 Å². The molecule has 10 heteroatoms. The normalized spacial score (nSPS) is 11.8. The SMILES string of the molecule is CC(=O)Nc1nnc(S(=O)(=O)N(C)Cc2ccco2)s1. The second-order valence-corrected chi connectivity index (χ2v) is 7.09. The van der Waals surface area contributed by atoms with Gasteiger partial charge in [-0.05, 0) is 12.1 Å². The number of hydrogen-bond donors (Lipinski definition) is 1. The Kier molecular flexibility index (Phi) is 4.16. The number of furan rings is 1. The van der Waals surface area contributed by atoms with Crippen LogP contribution in [0.3, 0.4) is 0 Å². The number of amides is 1. The molecule has 2 rings (SSSR count). The van der Waals surface area contributed by atoms with Crippen molar-refractivity contribution in [2.45, 2.75) is 17.8 Å². The number of carbonyl (C=O) groups excluding carboxylic acids is 1. The molecule has 8 nitrogen and oxygen atoms in total. The van der Waals surface area contributed by atoms with Gasteiger partial charge in [-0.3, -0.25) is 4.79 Å². The molecule has 0 spiro atoms. The van der Waals surface area contributed by atoms with E-state index in [1.54, 1.807) is 12.1 Å². The molecule has 108 valence electrons. The third kappa shape index (κ3) is 3.21. The highest BCUT2D eigenvalue weighted by molar-refractivity contribution is 7.91. The summed E-state index contributed by atoms with van der Waals surface area (Å²) in [5, 5.41) is 9.72. The van der Waals surface area contributed by atoms with Gasteiger partial charge in [-0.2, -0.15) is 4.31 Å². The van der Waals surface area contributed by atoms with Gasteiger partial charge in [0, 0.05) is 14.0 Å². The van der Waals surface area contributed by atoms with Crippen LogP contribution in [0, 0.1) is 0 Å². The number of nitrogens with zero attached hydrogens (tertiary/aromatic N) is 3. The molecule has 2 aromatic rings. The third-order valence-electron chi connectivity index (χ3n) is 2.28. The summed E-state index contributed by atoms with van der Waals surface area (Å²) < 4.78 is 30.5. The van der Waals surface area contributed by atoms with Crippen LogP contribution in [-0.4, -0.2) is 35.9 Å². The molecule has 2 aromatic heterocycles. The summed E-state index contributed by atoms with van der Waals surface area (Å²) in [5.74, 6) is 0.178. The van der Waals surface area contributed by atoms with Gasteiger partial charge in [-0.25, -0.2) is 8.42 Å². The van der Waals surface area contributed by atoms with Crippen LogP contribution in [0.5, 0.6) is 0 Å². The largest absolute Gasteiger partial charge is 0.468 e. The van der Waals surface area contributed by atoms with E-state index in [4.69, 9.17) is 4.42 Å². The summed E-state index contributed by atoms with van der Waals surface area (Å²) in [4.78, 5) is 10.9. The lowest BCUT2D eigenvalue weighted by Gasteiger charge is -2.12. The lowest BCUT2D eigenvalue weighted by atomic mass is 10.4. The minimum Gasteiger partial charge on any atom is -0.468 e. The fraction of sp³-hybridized carbons (Fsp3) is 0.300. The third-order valence-corrected chi connectivity index (χ3v) is 5.27. The van der Waals surface area contributed by atoms with Crippen LogP contribution in [0.1, 0.15) is 12.7 Å². The highest BCUT2D eigenvalue weighted by Gasteiger charge is 2.26. The van der Waals surface area contributed by atoms with Crippen molar-refractivity contribution in [2.75, 3.05) is 12.4 Å². The first-order valence-corrected chi connectivity index (χ1v) is 7.75. The second kappa shape index (κ2) is 5.69. The Hall–Kier alpha value is -1.78. The van der Waals surface area contributed by atoms with Crippen molar-refractivity contribution in [3.05, 3.63) is 24.2 Å². The molecule has 1 N–H and O–H groups in total. The summed E-state index contributed by atoms with van der Waals surface area (Å²) in [5.41, 5.74) is 0. The molecule has 0 aromatic carbocycles. The minimum atomic E-state index is -3.76. The lowest BCUT2D eigenvalue weighted by molar-refractivity contribution is -0.114. The van der Waals surface area contributed by atoms with Crippen molar-refractivity contribution in [1.29, 1.82) is 0 Å². The fourth-order valence-electron chi connectivity index (χ4n) is 1.36. The first-order valence-electron chi connectivity index (χ1n) is 5.49. The van der Waals surface area contributed by atoms with Gasteiger partial charge in [0.15, 0.2) is 0 Å². The van der Waals surface area contributed by atoms with Gasteiger partial charge in [0.1, 0.15) is 5.76 Å². The second-order valence-electron chi connectivity index (χ2n) is 3.89. The van der Waals surface area contributed by atoms with Crippen molar-refractivity contribution < 1.29 is 17.6 Å². The van der Waals surface area contributed by atoms with Gasteiger partial charge >= 0.3 is 0 Å². The quantitative estimate of drug-likeness (QED) is 0.822. The van der Waals surface area contributed by atoms with Gasteiger partial charge in [-0.15, -0.1) is 10.2 Å². The zero-order valence-electron chi connectivity index (χ0n) is 10.7. The van der Waals surface area contributed by atoms with E-state index >= 15 is 0 Å². The highest BCUT2D eigenvalue weighted by atomic mass is 32.2. The van der Waals surface area contributed by atoms with Crippen LogP contribution < -0.4 is 5.32 Å². The molecule has 0 aliphatic heterocycles. The molecule has 0 aliphatic carbocycles. The highest BCUT2D eigenvalue weighted by Crippen LogP contribution is 2.23. The average Bonchev–Trinajstić information content (AvgIpc) is 2.99. The lowest BCUT2D eigenvalue weighted by Crippen LogP contribution is -2.26. The van der Waals surface area contributed by atoms with Crippen LogP contribution in [0.4, 0.5) is 5.13 Å². The number of nitrogens with one attached hydrogen (secondary N) is 1. The Labute approximate surface area is 119 Å². The van der Waals surface area contributed by atoms with Crippen LogP contribution in [0.25, 0.3) is 0 Å². The smallest absolute Gasteiger partial charge is 0.272 e. The minimum absolute atomic E-state index is 0.0877. The molecule has 0 saturated carbocycles. The van der Waals surface area contributed by atoms with E-state index in [0.717, 1.165) is 15.6 Å². The van der Waals surface area contributed by atoms with Crippen molar-refractivity contribution in [1.82, 2.24) is 14.5 Å². The summed E-state index contributed by atoms with van der Waals surface area (Å²) in [6.45, 7) is 1.39. The maximum atomic E-state index is 12.2. The molecule has 0 fully saturated rings.